The van der Waals surface area contributed by atoms with E-state index in [0.717, 1.165) is 22.4 Å². The van der Waals surface area contributed by atoms with E-state index in [4.69, 9.17) is 4.74 Å². The molecule has 0 radical (unpaired) electrons. The van der Waals surface area contributed by atoms with Crippen molar-refractivity contribution in [3.63, 3.8) is 0 Å². The van der Waals surface area contributed by atoms with E-state index in [1.807, 2.05) is 37.1 Å². The second kappa shape index (κ2) is 9.23. The highest BCUT2D eigenvalue weighted by atomic mass is 16.5. The van der Waals surface area contributed by atoms with E-state index in [-0.39, 0.29) is 11.9 Å². The number of ether oxygens (including phenoxy) is 1. The minimum absolute atomic E-state index is 0.0636. The minimum atomic E-state index is 0.0636. The molecule has 4 heteroatoms. The molecule has 1 amide bonds. The van der Waals surface area contributed by atoms with Crippen molar-refractivity contribution in [2.24, 2.45) is 0 Å². The van der Waals surface area contributed by atoms with Crippen molar-refractivity contribution in [3.8, 4) is 16.9 Å². The number of hydrogen-bond donors (Lipinski definition) is 1. The fourth-order valence-electron chi connectivity index (χ4n) is 2.98. The van der Waals surface area contributed by atoms with Crippen molar-refractivity contribution in [1.29, 1.82) is 0 Å². The van der Waals surface area contributed by atoms with Gasteiger partial charge in [-0.05, 0) is 49.7 Å². The smallest absolute Gasteiger partial charge is 0.224 e. The number of benzene rings is 2. The third-order valence-corrected chi connectivity index (χ3v) is 4.51. The molecule has 0 heterocycles. The lowest BCUT2D eigenvalue weighted by Gasteiger charge is -2.28. The molecule has 0 spiro atoms. The first-order valence-corrected chi connectivity index (χ1v) is 8.79. The topological polar surface area (TPSA) is 41.6 Å². The molecule has 0 aliphatic carbocycles. The molecule has 4 nitrogen and oxygen atoms in total. The van der Waals surface area contributed by atoms with Gasteiger partial charge in [0.05, 0.1) is 13.2 Å². The first-order chi connectivity index (χ1) is 12.1. The Morgan fingerprint density at radius 2 is 1.88 bits per heavy atom. The van der Waals surface area contributed by atoms with Gasteiger partial charge in [-0.15, -0.1) is 0 Å². The van der Waals surface area contributed by atoms with Crippen molar-refractivity contribution in [1.82, 2.24) is 10.2 Å². The first-order valence-electron chi connectivity index (χ1n) is 8.79. The predicted octanol–water partition coefficient (Wildman–Crippen LogP) is 3.88. The average molecular weight is 340 g/mol. The van der Waals surface area contributed by atoms with Crippen LogP contribution in [-0.4, -0.2) is 38.1 Å². The van der Waals surface area contributed by atoms with Crippen molar-refractivity contribution in [2.75, 3.05) is 27.2 Å². The minimum Gasteiger partial charge on any atom is -0.497 e. The Morgan fingerprint density at radius 1 is 1.16 bits per heavy atom. The summed E-state index contributed by atoms with van der Waals surface area (Å²) in [5, 5.41) is 3.03. The predicted molar refractivity (Wildman–Crippen MR) is 103 cm³/mol. The van der Waals surface area contributed by atoms with E-state index in [2.05, 4.69) is 42.6 Å². The lowest BCUT2D eigenvalue weighted by atomic mass is 10.0. The maximum Gasteiger partial charge on any atom is 0.224 e. The summed E-state index contributed by atoms with van der Waals surface area (Å²) in [7, 11) is 3.54. The van der Waals surface area contributed by atoms with Crippen LogP contribution in [0, 0.1) is 0 Å². The van der Waals surface area contributed by atoms with Crippen LogP contribution in [0.5, 0.6) is 5.75 Å². The fraction of sp³-hybridized carbons (Fsp3) is 0.381. The summed E-state index contributed by atoms with van der Waals surface area (Å²) < 4.78 is 5.29. The third kappa shape index (κ3) is 4.83. The highest BCUT2D eigenvalue weighted by Gasteiger charge is 2.19. The van der Waals surface area contributed by atoms with Crippen molar-refractivity contribution in [2.45, 2.75) is 26.3 Å². The molecule has 1 N–H and O–H groups in total. The molecule has 0 fully saturated rings. The number of nitrogens with zero attached hydrogens (tertiary/aromatic N) is 1. The van der Waals surface area contributed by atoms with Crippen LogP contribution < -0.4 is 10.1 Å². The summed E-state index contributed by atoms with van der Waals surface area (Å²) in [5.41, 5.74) is 3.40. The first kappa shape index (κ1) is 19.0. The van der Waals surface area contributed by atoms with E-state index in [1.54, 1.807) is 7.11 Å². The average Bonchev–Trinajstić information content (AvgIpc) is 2.67. The van der Waals surface area contributed by atoms with Crippen LogP contribution in [0.3, 0.4) is 0 Å². The number of carbonyl (C=O) groups is 1. The van der Waals surface area contributed by atoms with Crippen LogP contribution in [0.2, 0.25) is 0 Å². The number of amides is 1. The molecular formula is C21H28N2O2. The molecule has 0 bridgehead atoms. The van der Waals surface area contributed by atoms with Crippen LogP contribution in [0.25, 0.3) is 11.1 Å². The van der Waals surface area contributed by atoms with E-state index in [9.17, 15) is 4.79 Å². The van der Waals surface area contributed by atoms with E-state index >= 15 is 0 Å². The van der Waals surface area contributed by atoms with Gasteiger partial charge >= 0.3 is 0 Å². The number of rotatable bonds is 8. The summed E-state index contributed by atoms with van der Waals surface area (Å²) in [6.45, 7) is 5.53. The normalized spacial score (nSPS) is 11.8. The summed E-state index contributed by atoms with van der Waals surface area (Å²) in [6, 6.07) is 16.5. The summed E-state index contributed by atoms with van der Waals surface area (Å²) in [4.78, 5) is 14.3. The summed E-state index contributed by atoms with van der Waals surface area (Å²) in [6.07, 6.45) is 0.524. The zero-order valence-corrected chi connectivity index (χ0v) is 15.6. The number of nitrogens with one attached hydrogen (secondary N) is 1. The molecule has 0 aliphatic heterocycles. The van der Waals surface area contributed by atoms with E-state index < -0.39 is 0 Å². The van der Waals surface area contributed by atoms with Gasteiger partial charge in [0, 0.05) is 19.5 Å². The number of methoxy groups -OCH3 is 1. The zero-order chi connectivity index (χ0) is 18.2. The fourth-order valence-corrected chi connectivity index (χ4v) is 2.98. The number of hydrogen-bond acceptors (Lipinski definition) is 3. The second-order valence-electron chi connectivity index (χ2n) is 6.06. The molecule has 2 aromatic rings. The lowest BCUT2D eigenvalue weighted by molar-refractivity contribution is -0.133. The van der Waals surface area contributed by atoms with Gasteiger partial charge in [-0.3, -0.25) is 4.79 Å². The van der Waals surface area contributed by atoms with E-state index in [1.165, 1.54) is 0 Å². The quantitative estimate of drug-likeness (QED) is 0.793. The van der Waals surface area contributed by atoms with Crippen LogP contribution in [-0.2, 0) is 4.79 Å². The van der Waals surface area contributed by atoms with Gasteiger partial charge in [0.1, 0.15) is 5.75 Å². The maximum absolute atomic E-state index is 12.4. The van der Waals surface area contributed by atoms with Gasteiger partial charge in [-0.25, -0.2) is 0 Å². The molecule has 0 aliphatic rings. The molecule has 134 valence electrons. The molecule has 25 heavy (non-hydrogen) atoms. The molecule has 0 saturated heterocycles. The van der Waals surface area contributed by atoms with Crippen LogP contribution in [0.4, 0.5) is 0 Å². The second-order valence-corrected chi connectivity index (χ2v) is 6.06. The monoisotopic (exact) mass is 340 g/mol. The largest absolute Gasteiger partial charge is 0.497 e. The van der Waals surface area contributed by atoms with Crippen molar-refractivity contribution >= 4 is 5.91 Å². The maximum atomic E-state index is 12.4. The molecule has 2 aromatic carbocycles. The molecule has 0 saturated carbocycles. The van der Waals surface area contributed by atoms with Crippen LogP contribution >= 0.6 is 0 Å². The number of carbonyl (C=O) groups excluding carboxylic acids is 1. The lowest BCUT2D eigenvalue weighted by Crippen LogP contribution is -2.34. The van der Waals surface area contributed by atoms with Crippen molar-refractivity contribution in [3.05, 3.63) is 54.1 Å². The zero-order valence-electron chi connectivity index (χ0n) is 15.6. The molecule has 2 rings (SSSR count). The van der Waals surface area contributed by atoms with Gasteiger partial charge < -0.3 is 15.0 Å². The Morgan fingerprint density at radius 3 is 2.48 bits per heavy atom. The Hall–Kier alpha value is -2.33. The molecule has 0 aromatic heterocycles. The summed E-state index contributed by atoms with van der Waals surface area (Å²) >= 11 is 0. The SMILES string of the molecule is CCN(C(=O)CCNC)C(C)c1ccc(-c2cccc(OC)c2)cc1. The molecule has 1 atom stereocenters. The standard InChI is InChI=1S/C21H28N2O2/c1-5-23(21(24)13-14-22-3)16(2)17-9-11-18(12-10-17)19-7-6-8-20(15-19)25-4/h6-12,15-16,22H,5,13-14H2,1-4H3. The van der Waals surface area contributed by atoms with Crippen LogP contribution in [0.1, 0.15) is 31.9 Å². The Bertz CT molecular complexity index is 683. The Labute approximate surface area is 150 Å². The van der Waals surface area contributed by atoms with Gasteiger partial charge in [0.2, 0.25) is 5.91 Å². The van der Waals surface area contributed by atoms with Crippen LogP contribution in [0.15, 0.2) is 48.5 Å². The Kier molecular flexibility index (Phi) is 7.02. The van der Waals surface area contributed by atoms with Gasteiger partial charge in [0.25, 0.3) is 0 Å². The summed E-state index contributed by atoms with van der Waals surface area (Å²) in [5.74, 6) is 1.03. The highest BCUT2D eigenvalue weighted by molar-refractivity contribution is 5.77. The highest BCUT2D eigenvalue weighted by Crippen LogP contribution is 2.27. The van der Waals surface area contributed by atoms with Gasteiger partial charge in [-0.2, -0.15) is 0 Å². The Balaban J connectivity index is 2.15. The molecular weight excluding hydrogens is 312 g/mol. The van der Waals surface area contributed by atoms with E-state index in [0.29, 0.717) is 19.5 Å². The van der Waals surface area contributed by atoms with Crippen molar-refractivity contribution < 1.29 is 9.53 Å². The third-order valence-electron chi connectivity index (χ3n) is 4.51. The van der Waals surface area contributed by atoms with Gasteiger partial charge in [0.15, 0.2) is 0 Å². The van der Waals surface area contributed by atoms with Gasteiger partial charge in [-0.1, -0.05) is 36.4 Å². The molecule has 1 unspecified atom stereocenters.